The summed E-state index contributed by atoms with van der Waals surface area (Å²) in [6, 6.07) is 15.8. The molecule has 3 atom stereocenters. The van der Waals surface area contributed by atoms with Gasteiger partial charge in [-0.1, -0.05) is 62.2 Å². The molecule has 5 nitrogen and oxygen atoms in total. The Kier molecular flexibility index (Phi) is 8.69. The number of hydrogen-bond donors (Lipinski definition) is 1. The van der Waals surface area contributed by atoms with E-state index in [0.29, 0.717) is 44.2 Å². The fourth-order valence-electron chi connectivity index (χ4n) is 5.54. The average Bonchev–Trinajstić information content (AvgIpc) is 3.26. The minimum Gasteiger partial charge on any atom is -0.364 e. The van der Waals surface area contributed by atoms with Crippen LogP contribution in [0, 0.1) is 23.1 Å². The Bertz CT molecular complexity index is 1100. The topological polar surface area (TPSA) is 83.9 Å². The van der Waals surface area contributed by atoms with Gasteiger partial charge in [0.05, 0.1) is 29.5 Å². The minimum atomic E-state index is -0.623. The zero-order valence-corrected chi connectivity index (χ0v) is 21.2. The molecule has 35 heavy (non-hydrogen) atoms. The number of benzene rings is 2. The van der Waals surface area contributed by atoms with Gasteiger partial charge in [0.2, 0.25) is 0 Å². The third-order valence-corrected chi connectivity index (χ3v) is 7.96. The Morgan fingerprint density at radius 3 is 2.54 bits per heavy atom. The van der Waals surface area contributed by atoms with Crippen molar-refractivity contribution in [3.63, 3.8) is 0 Å². The molecule has 0 bridgehead atoms. The monoisotopic (exact) mass is 498 g/mol. The van der Waals surface area contributed by atoms with Gasteiger partial charge in [-0.15, -0.1) is 0 Å². The molecule has 3 rings (SSSR count). The van der Waals surface area contributed by atoms with Gasteiger partial charge >= 0.3 is 5.91 Å². The third kappa shape index (κ3) is 5.58. The predicted molar refractivity (Wildman–Crippen MR) is 135 cm³/mol. The van der Waals surface area contributed by atoms with E-state index in [-0.39, 0.29) is 34.3 Å². The first-order chi connectivity index (χ1) is 16.7. The number of nitrogens with two attached hydrogens (primary N) is 1. The largest absolute Gasteiger partial charge is 0.364 e. The van der Waals surface area contributed by atoms with Gasteiger partial charge in [-0.2, -0.15) is 5.26 Å². The van der Waals surface area contributed by atoms with E-state index in [0.717, 1.165) is 5.56 Å². The molecule has 2 aromatic rings. The van der Waals surface area contributed by atoms with Crippen LogP contribution in [0.4, 0.5) is 4.39 Å². The molecule has 1 heterocycles. The standard InChI is InChI=1S/C28H33ClFN3O2/c1-20(2)28(19-31,22-9-4-3-5-10-22)15-7-6-12-26(34)33(16-8-11-25(33)27(32)35)18-21-13-14-23(30)17-24(21)29/h3-5,9-10,13-14,17,20,25H,6-8,11-12,15-16,18H2,1-2H3,(H-,32,35)/p+1/t25?,28-,33+/m0/s1. The summed E-state index contributed by atoms with van der Waals surface area (Å²) >= 11 is 6.27. The molecule has 2 aromatic carbocycles. The summed E-state index contributed by atoms with van der Waals surface area (Å²) in [6.45, 7) is 4.81. The number of likely N-dealkylation sites (tertiary alicyclic amines) is 1. The molecule has 186 valence electrons. The molecule has 0 aliphatic carbocycles. The van der Waals surface area contributed by atoms with Crippen molar-refractivity contribution in [2.75, 3.05) is 6.54 Å². The average molecular weight is 499 g/mol. The van der Waals surface area contributed by atoms with E-state index in [2.05, 4.69) is 19.9 Å². The molecule has 1 fully saturated rings. The van der Waals surface area contributed by atoms with E-state index in [1.165, 1.54) is 12.1 Å². The molecular weight excluding hydrogens is 465 g/mol. The third-order valence-electron chi connectivity index (χ3n) is 7.61. The van der Waals surface area contributed by atoms with Crippen molar-refractivity contribution in [3.05, 3.63) is 70.5 Å². The van der Waals surface area contributed by atoms with Gasteiger partial charge in [0.1, 0.15) is 12.4 Å². The van der Waals surface area contributed by atoms with Crippen LogP contribution in [0.5, 0.6) is 0 Å². The molecule has 1 saturated heterocycles. The first kappa shape index (κ1) is 26.8. The second-order valence-corrected chi connectivity index (χ2v) is 10.3. The van der Waals surface area contributed by atoms with Crippen molar-refractivity contribution >= 4 is 23.4 Å². The zero-order chi connectivity index (χ0) is 25.6. The first-order valence-electron chi connectivity index (χ1n) is 12.3. The number of hydrogen-bond acceptors (Lipinski definition) is 3. The second-order valence-electron chi connectivity index (χ2n) is 9.92. The number of nitriles is 1. The smallest absolute Gasteiger partial charge is 0.314 e. The molecule has 2 amide bonds. The summed E-state index contributed by atoms with van der Waals surface area (Å²) < 4.78 is 13.5. The first-order valence-corrected chi connectivity index (χ1v) is 12.6. The number of quaternary nitrogens is 1. The second kappa shape index (κ2) is 11.3. The highest BCUT2D eigenvalue weighted by molar-refractivity contribution is 6.31. The van der Waals surface area contributed by atoms with Gasteiger partial charge in [-0.05, 0) is 42.5 Å². The molecule has 1 aliphatic rings. The molecule has 7 heteroatoms. The molecule has 0 saturated carbocycles. The number of amides is 2. The lowest BCUT2D eigenvalue weighted by atomic mass is 9.69. The molecule has 1 unspecified atom stereocenters. The Morgan fingerprint density at radius 2 is 1.94 bits per heavy atom. The van der Waals surface area contributed by atoms with Crippen LogP contribution in [0.1, 0.15) is 63.5 Å². The van der Waals surface area contributed by atoms with Crippen LogP contribution in [0.15, 0.2) is 48.5 Å². The summed E-state index contributed by atoms with van der Waals surface area (Å²) in [5, 5.41) is 10.4. The van der Waals surface area contributed by atoms with E-state index in [1.54, 1.807) is 6.07 Å². The quantitative estimate of drug-likeness (QED) is 0.339. The highest BCUT2D eigenvalue weighted by Gasteiger charge is 2.50. The van der Waals surface area contributed by atoms with Crippen LogP contribution in [-0.4, -0.2) is 28.9 Å². The zero-order valence-electron chi connectivity index (χ0n) is 20.5. The number of primary amides is 1. The van der Waals surface area contributed by atoms with Crippen molar-refractivity contribution in [3.8, 4) is 6.07 Å². The van der Waals surface area contributed by atoms with Gasteiger partial charge in [0.15, 0.2) is 6.04 Å². The number of halogens is 2. The lowest BCUT2D eigenvalue weighted by Crippen LogP contribution is -2.59. The van der Waals surface area contributed by atoms with Crippen molar-refractivity contribution in [2.45, 2.75) is 70.4 Å². The maximum Gasteiger partial charge on any atom is 0.314 e. The predicted octanol–water partition coefficient (Wildman–Crippen LogP) is 5.65. The SMILES string of the molecule is CC(C)[C@@](C#N)(CCCCC(=O)[N@@+]1(Cc2ccc(F)cc2Cl)CCCC1C(N)=O)c1ccccc1. The van der Waals surface area contributed by atoms with Gasteiger partial charge in [0.25, 0.3) is 5.91 Å². The highest BCUT2D eigenvalue weighted by Crippen LogP contribution is 2.38. The van der Waals surface area contributed by atoms with E-state index < -0.39 is 23.2 Å². The van der Waals surface area contributed by atoms with Gasteiger partial charge in [0, 0.05) is 18.4 Å². The van der Waals surface area contributed by atoms with Crippen LogP contribution in [0.25, 0.3) is 0 Å². The fourth-order valence-corrected chi connectivity index (χ4v) is 5.77. The van der Waals surface area contributed by atoms with Crippen LogP contribution < -0.4 is 5.73 Å². The summed E-state index contributed by atoms with van der Waals surface area (Å²) in [4.78, 5) is 26.0. The number of carbonyl (C=O) groups is 2. The number of nitrogens with zero attached hydrogens (tertiary/aromatic N) is 2. The van der Waals surface area contributed by atoms with Crippen LogP contribution in [0.2, 0.25) is 5.02 Å². The molecule has 2 N–H and O–H groups in total. The highest BCUT2D eigenvalue weighted by atomic mass is 35.5. The van der Waals surface area contributed by atoms with Crippen LogP contribution in [-0.2, 0) is 21.5 Å². The Morgan fingerprint density at radius 1 is 1.23 bits per heavy atom. The summed E-state index contributed by atoms with van der Waals surface area (Å²) in [5.74, 6) is -0.892. The summed E-state index contributed by atoms with van der Waals surface area (Å²) in [7, 11) is 0. The van der Waals surface area contributed by atoms with Crippen LogP contribution in [0.3, 0.4) is 0 Å². The summed E-state index contributed by atoms with van der Waals surface area (Å²) in [6.07, 6.45) is 3.46. The normalized spacial score (nSPS) is 21.4. The van der Waals surface area contributed by atoms with E-state index >= 15 is 0 Å². The molecular formula is C28H34ClFN3O2+. The molecule has 0 spiro atoms. The van der Waals surface area contributed by atoms with Crippen molar-refractivity contribution in [1.29, 1.82) is 5.26 Å². The van der Waals surface area contributed by atoms with Gasteiger partial charge < -0.3 is 5.73 Å². The Labute approximate surface area is 212 Å². The fraction of sp³-hybridized carbons (Fsp3) is 0.464. The lowest BCUT2D eigenvalue weighted by molar-refractivity contribution is -0.871. The lowest BCUT2D eigenvalue weighted by Gasteiger charge is -2.36. The van der Waals surface area contributed by atoms with E-state index in [4.69, 9.17) is 17.3 Å². The number of rotatable bonds is 10. The van der Waals surface area contributed by atoms with Crippen molar-refractivity contribution in [2.24, 2.45) is 11.7 Å². The Balaban J connectivity index is 1.76. The van der Waals surface area contributed by atoms with Gasteiger partial charge in [-0.25, -0.2) is 13.7 Å². The van der Waals surface area contributed by atoms with Crippen molar-refractivity contribution in [1.82, 2.24) is 0 Å². The molecule has 1 aliphatic heterocycles. The maximum atomic E-state index is 13.6. The Hall–Kier alpha value is -2.75. The van der Waals surface area contributed by atoms with E-state index in [9.17, 15) is 19.2 Å². The minimum absolute atomic E-state index is 0.0569. The van der Waals surface area contributed by atoms with E-state index in [1.807, 2.05) is 30.3 Å². The molecule has 0 radical (unpaired) electrons. The van der Waals surface area contributed by atoms with Gasteiger partial charge in [-0.3, -0.25) is 4.79 Å². The number of unbranched alkanes of at least 4 members (excludes halogenated alkanes) is 1. The molecule has 0 aromatic heterocycles. The van der Waals surface area contributed by atoms with Crippen molar-refractivity contribution < 1.29 is 18.5 Å². The van der Waals surface area contributed by atoms with Crippen LogP contribution >= 0.6 is 11.6 Å². The summed E-state index contributed by atoms with van der Waals surface area (Å²) in [5.41, 5.74) is 6.71. The number of carbonyl (C=O) groups excluding carboxylic acids is 2. The maximum absolute atomic E-state index is 13.6.